The topological polar surface area (TPSA) is 81.8 Å². The van der Waals surface area contributed by atoms with Crippen molar-refractivity contribution in [3.05, 3.63) is 59.4 Å². The van der Waals surface area contributed by atoms with Gasteiger partial charge in [0.15, 0.2) is 5.82 Å². The van der Waals surface area contributed by atoms with Crippen LogP contribution in [0, 0.1) is 6.92 Å². The van der Waals surface area contributed by atoms with Crippen LogP contribution in [0.25, 0.3) is 0 Å². The lowest BCUT2D eigenvalue weighted by atomic mass is 9.90. The molecule has 4 heterocycles. The summed E-state index contributed by atoms with van der Waals surface area (Å²) >= 11 is 5.97. The van der Waals surface area contributed by atoms with E-state index in [1.54, 1.807) is 12.1 Å². The number of aromatic nitrogens is 3. The highest BCUT2D eigenvalue weighted by Crippen LogP contribution is 2.42. The van der Waals surface area contributed by atoms with Crippen molar-refractivity contribution >= 4 is 40.5 Å². The quantitative estimate of drug-likeness (QED) is 0.434. The molecule has 3 aromatic rings. The third kappa shape index (κ3) is 3.42. The van der Waals surface area contributed by atoms with Crippen LogP contribution in [0.4, 0.5) is 17.3 Å². The van der Waals surface area contributed by atoms with Crippen LogP contribution in [-0.2, 0) is 6.54 Å². The van der Waals surface area contributed by atoms with Crippen molar-refractivity contribution in [2.45, 2.75) is 51.2 Å². The Morgan fingerprint density at radius 2 is 1.91 bits per heavy atom. The van der Waals surface area contributed by atoms with Gasteiger partial charge in [0.1, 0.15) is 16.6 Å². The first kappa shape index (κ1) is 21.1. The molecule has 0 radical (unpaired) electrons. The Kier molecular flexibility index (Phi) is 5.02. The molecule has 1 saturated carbocycles. The molecule has 0 amide bonds. The minimum Gasteiger partial charge on any atom is -0.508 e. The van der Waals surface area contributed by atoms with Crippen LogP contribution in [0.15, 0.2) is 47.6 Å². The predicted octanol–water partition coefficient (Wildman–Crippen LogP) is 4.19. The van der Waals surface area contributed by atoms with E-state index in [1.807, 2.05) is 47.9 Å². The third-order valence-corrected chi connectivity index (χ3v) is 7.42. The van der Waals surface area contributed by atoms with E-state index in [4.69, 9.17) is 22.3 Å². The van der Waals surface area contributed by atoms with Gasteiger partial charge in [0.05, 0.1) is 24.2 Å². The van der Waals surface area contributed by atoms with Crippen molar-refractivity contribution in [1.29, 1.82) is 0 Å². The van der Waals surface area contributed by atoms with Crippen LogP contribution >= 0.6 is 12.2 Å². The number of fused-ring (bicyclic) bond motifs is 5. The molecule has 2 atom stereocenters. The number of anilines is 3. The third-order valence-electron chi connectivity index (χ3n) is 6.94. The summed E-state index contributed by atoms with van der Waals surface area (Å²) in [6, 6.07) is 11.7. The number of aryl methyl sites for hydroxylation is 1. The molecular weight excluding hydrogens is 446 g/mol. The van der Waals surface area contributed by atoms with E-state index in [0.29, 0.717) is 23.6 Å². The lowest BCUT2D eigenvalue weighted by Crippen LogP contribution is -2.52. The lowest BCUT2D eigenvalue weighted by molar-refractivity contribution is 0.402. The molecule has 0 spiro atoms. The number of guanidine groups is 1. The maximum atomic E-state index is 9.74. The van der Waals surface area contributed by atoms with Crippen LogP contribution in [0.5, 0.6) is 5.75 Å². The van der Waals surface area contributed by atoms with E-state index in [1.165, 1.54) is 12.8 Å². The molecular formula is C25H27N7OS. The SMILES string of the molecule is Cc1ccc(Cn2nc3c(c2Nc2ccc(O)cc2)C(=S)N(C)C2=NC4CCCCC4N23)cn1. The normalized spacial score (nSPS) is 21.1. The molecule has 8 nitrogen and oxygen atoms in total. The Hall–Kier alpha value is -3.46. The molecule has 34 heavy (non-hydrogen) atoms. The molecule has 1 aromatic carbocycles. The van der Waals surface area contributed by atoms with Crippen LogP contribution in [0.2, 0.25) is 0 Å². The fourth-order valence-corrected chi connectivity index (χ4v) is 5.43. The number of phenolic OH excluding ortho intramolecular Hbond substituents is 1. The Morgan fingerprint density at radius 1 is 1.12 bits per heavy atom. The smallest absolute Gasteiger partial charge is 0.208 e. The summed E-state index contributed by atoms with van der Waals surface area (Å²) in [6.07, 6.45) is 6.53. The molecule has 1 aliphatic carbocycles. The second-order valence-corrected chi connectivity index (χ2v) is 9.65. The molecule has 3 aliphatic rings. The molecule has 0 saturated heterocycles. The number of nitrogens with zero attached hydrogens (tertiary/aromatic N) is 6. The van der Waals surface area contributed by atoms with E-state index in [0.717, 1.165) is 52.9 Å². The van der Waals surface area contributed by atoms with Crippen LogP contribution in [0.1, 0.15) is 42.5 Å². The minimum atomic E-state index is 0.225. The van der Waals surface area contributed by atoms with Crippen LogP contribution in [0.3, 0.4) is 0 Å². The number of hydrogen-bond donors (Lipinski definition) is 2. The molecule has 6 rings (SSSR count). The summed E-state index contributed by atoms with van der Waals surface area (Å²) in [7, 11) is 2.00. The first-order valence-corrected chi connectivity index (χ1v) is 12.1. The minimum absolute atomic E-state index is 0.225. The molecule has 9 heteroatoms. The van der Waals surface area contributed by atoms with Gasteiger partial charge in [-0.15, -0.1) is 0 Å². The number of benzene rings is 1. The van der Waals surface area contributed by atoms with Gasteiger partial charge < -0.3 is 15.3 Å². The van der Waals surface area contributed by atoms with Crippen molar-refractivity contribution in [1.82, 2.24) is 19.7 Å². The molecule has 2 aliphatic heterocycles. The largest absolute Gasteiger partial charge is 0.508 e. The summed E-state index contributed by atoms with van der Waals surface area (Å²) in [6.45, 7) is 2.54. The number of pyridine rings is 1. The summed E-state index contributed by atoms with van der Waals surface area (Å²) in [5, 5.41) is 18.4. The molecule has 2 aromatic heterocycles. The van der Waals surface area contributed by atoms with E-state index in [2.05, 4.69) is 21.3 Å². The van der Waals surface area contributed by atoms with Crippen molar-refractivity contribution in [3.63, 3.8) is 0 Å². The zero-order valence-electron chi connectivity index (χ0n) is 19.3. The molecule has 1 fully saturated rings. The van der Waals surface area contributed by atoms with Gasteiger partial charge in [-0.3, -0.25) is 9.88 Å². The first-order valence-electron chi connectivity index (χ1n) is 11.7. The van der Waals surface area contributed by atoms with Gasteiger partial charge in [0.25, 0.3) is 0 Å². The highest BCUT2D eigenvalue weighted by molar-refractivity contribution is 7.80. The zero-order valence-corrected chi connectivity index (χ0v) is 20.1. The van der Waals surface area contributed by atoms with Gasteiger partial charge in [-0.25, -0.2) is 9.67 Å². The van der Waals surface area contributed by atoms with Gasteiger partial charge in [-0.1, -0.05) is 31.1 Å². The Bertz CT molecular complexity index is 1280. The number of aromatic hydroxyl groups is 1. The van der Waals surface area contributed by atoms with E-state index < -0.39 is 0 Å². The second-order valence-electron chi connectivity index (χ2n) is 9.27. The number of hydrogen-bond acceptors (Lipinski definition) is 7. The fourth-order valence-electron chi connectivity index (χ4n) is 5.16. The maximum absolute atomic E-state index is 9.74. The molecule has 2 N–H and O–H groups in total. The summed E-state index contributed by atoms with van der Waals surface area (Å²) in [5.41, 5.74) is 3.81. The average molecular weight is 474 g/mol. The standard InChI is InChI=1S/C25H27N7OS/c1-15-7-8-16(13-26-15)14-31-22(27-17-9-11-18(33)12-10-17)21-23(29-31)32-20-6-4-3-5-19(20)28-25(32)30(2)24(21)34/h7-13,19-20,27,33H,3-6,14H2,1-2H3. The highest BCUT2D eigenvalue weighted by atomic mass is 32.1. The Balaban J connectivity index is 1.48. The summed E-state index contributed by atoms with van der Waals surface area (Å²) in [4.78, 5) is 14.6. The van der Waals surface area contributed by atoms with Crippen molar-refractivity contribution in [2.75, 3.05) is 17.3 Å². The van der Waals surface area contributed by atoms with Gasteiger partial charge >= 0.3 is 0 Å². The van der Waals surface area contributed by atoms with Crippen molar-refractivity contribution in [3.8, 4) is 5.75 Å². The monoisotopic (exact) mass is 473 g/mol. The maximum Gasteiger partial charge on any atom is 0.208 e. The fraction of sp³-hybridized carbons (Fsp3) is 0.360. The van der Waals surface area contributed by atoms with E-state index >= 15 is 0 Å². The van der Waals surface area contributed by atoms with Crippen LogP contribution in [-0.4, -0.2) is 54.9 Å². The summed E-state index contributed by atoms with van der Waals surface area (Å²) in [5.74, 6) is 2.84. The van der Waals surface area contributed by atoms with Crippen molar-refractivity contribution < 1.29 is 5.11 Å². The van der Waals surface area contributed by atoms with Crippen molar-refractivity contribution in [2.24, 2.45) is 4.99 Å². The Labute approximate surface area is 203 Å². The van der Waals surface area contributed by atoms with Gasteiger partial charge in [-0.05, 0) is 55.7 Å². The molecule has 0 bridgehead atoms. The zero-order chi connectivity index (χ0) is 23.4. The molecule has 2 unspecified atom stereocenters. The van der Waals surface area contributed by atoms with Gasteiger partial charge in [-0.2, -0.15) is 5.10 Å². The second kappa shape index (κ2) is 8.09. The van der Waals surface area contributed by atoms with Crippen LogP contribution < -0.4 is 10.2 Å². The molecule has 174 valence electrons. The Morgan fingerprint density at radius 3 is 2.68 bits per heavy atom. The first-order chi connectivity index (χ1) is 16.5. The number of thiocarbonyl (C=S) groups is 1. The van der Waals surface area contributed by atoms with Gasteiger partial charge in [0, 0.05) is 24.6 Å². The predicted molar refractivity (Wildman–Crippen MR) is 137 cm³/mol. The number of rotatable bonds is 4. The number of aliphatic imine (C=N–C) groups is 1. The summed E-state index contributed by atoms with van der Waals surface area (Å²) < 4.78 is 1.98. The van der Waals surface area contributed by atoms with E-state index in [-0.39, 0.29) is 5.75 Å². The van der Waals surface area contributed by atoms with Gasteiger partial charge in [0.2, 0.25) is 5.96 Å². The number of nitrogens with one attached hydrogen (secondary N) is 1. The average Bonchev–Trinajstić information content (AvgIpc) is 3.39. The highest BCUT2D eigenvalue weighted by Gasteiger charge is 2.47. The lowest BCUT2D eigenvalue weighted by Gasteiger charge is -2.37. The number of phenols is 1. The van der Waals surface area contributed by atoms with E-state index in [9.17, 15) is 5.11 Å².